The summed E-state index contributed by atoms with van der Waals surface area (Å²) in [5, 5.41) is 5.71. The van der Waals surface area contributed by atoms with Crippen LogP contribution in [-0.2, 0) is 17.5 Å². The van der Waals surface area contributed by atoms with E-state index in [0.717, 1.165) is 24.5 Å². The van der Waals surface area contributed by atoms with Gasteiger partial charge in [-0.2, -0.15) is 28.1 Å². The molecular formula is C26H28F3IN6O. The predicted octanol–water partition coefficient (Wildman–Crippen LogP) is 5.52. The second-order valence-corrected chi connectivity index (χ2v) is 10.3. The monoisotopic (exact) mass is 624 g/mol. The molecular weight excluding hydrogens is 596 g/mol. The van der Waals surface area contributed by atoms with Crippen molar-refractivity contribution in [2.24, 2.45) is 5.92 Å². The average molecular weight is 624 g/mol. The molecule has 3 aromatic rings. The van der Waals surface area contributed by atoms with Gasteiger partial charge in [0, 0.05) is 41.7 Å². The molecule has 0 saturated heterocycles. The molecule has 0 unspecified atom stereocenters. The molecule has 1 aliphatic rings. The van der Waals surface area contributed by atoms with E-state index in [9.17, 15) is 18.0 Å². The molecule has 1 aromatic heterocycles. The zero-order valence-electron chi connectivity index (χ0n) is 20.5. The van der Waals surface area contributed by atoms with Crippen LogP contribution in [-0.4, -0.2) is 41.0 Å². The molecule has 1 amide bonds. The van der Waals surface area contributed by atoms with Gasteiger partial charge in [0.05, 0.1) is 5.56 Å². The lowest BCUT2D eigenvalue weighted by Gasteiger charge is -2.34. The first kappa shape index (κ1) is 27.1. The zero-order chi connectivity index (χ0) is 26.6. The normalized spacial score (nSPS) is 17.8. The zero-order valence-corrected chi connectivity index (χ0v) is 22.7. The Morgan fingerprint density at radius 1 is 1.05 bits per heavy atom. The van der Waals surface area contributed by atoms with Crippen molar-refractivity contribution < 1.29 is 18.0 Å². The molecule has 0 bridgehead atoms. The number of amides is 1. The van der Waals surface area contributed by atoms with Crippen LogP contribution in [0.25, 0.3) is 11.4 Å². The van der Waals surface area contributed by atoms with Gasteiger partial charge in [0.2, 0.25) is 17.8 Å². The Morgan fingerprint density at radius 2 is 1.76 bits per heavy atom. The lowest BCUT2D eigenvalue weighted by molar-refractivity contribution is -0.138. The van der Waals surface area contributed by atoms with Crippen molar-refractivity contribution in [2.75, 3.05) is 24.3 Å². The van der Waals surface area contributed by atoms with E-state index in [4.69, 9.17) is 0 Å². The molecule has 1 fully saturated rings. The van der Waals surface area contributed by atoms with E-state index in [2.05, 4.69) is 25.6 Å². The third-order valence-electron chi connectivity index (χ3n) is 6.64. The second kappa shape index (κ2) is 11.6. The van der Waals surface area contributed by atoms with E-state index in [1.807, 2.05) is 64.9 Å². The van der Waals surface area contributed by atoms with Gasteiger partial charge in [-0.1, -0.05) is 36.4 Å². The number of benzene rings is 2. The fraction of sp³-hybridized carbons (Fsp3) is 0.385. The Bertz CT molecular complexity index is 1230. The Morgan fingerprint density at radius 3 is 2.41 bits per heavy atom. The largest absolute Gasteiger partial charge is 0.416 e. The van der Waals surface area contributed by atoms with Gasteiger partial charge >= 0.3 is 6.18 Å². The molecule has 1 aliphatic carbocycles. The van der Waals surface area contributed by atoms with Crippen LogP contribution in [0, 0.1) is 9.49 Å². The number of rotatable bonds is 7. The highest BCUT2D eigenvalue weighted by atomic mass is 127. The Balaban J connectivity index is 1.38. The molecule has 0 atom stereocenters. The third-order valence-corrected chi connectivity index (χ3v) is 7.31. The van der Waals surface area contributed by atoms with Crippen molar-refractivity contribution in [3.8, 4) is 11.4 Å². The van der Waals surface area contributed by atoms with Crippen LogP contribution < -0.4 is 15.5 Å². The molecule has 2 N–H and O–H groups in total. The van der Waals surface area contributed by atoms with Crippen molar-refractivity contribution in [3.63, 3.8) is 0 Å². The van der Waals surface area contributed by atoms with Gasteiger partial charge in [0.15, 0.2) is 5.82 Å². The number of alkyl halides is 3. The van der Waals surface area contributed by atoms with E-state index < -0.39 is 11.7 Å². The lowest BCUT2D eigenvalue weighted by Crippen LogP contribution is -2.40. The molecule has 11 heteroatoms. The number of nitrogens with one attached hydrogen (secondary N) is 2. The maximum absolute atomic E-state index is 13.4. The van der Waals surface area contributed by atoms with Crippen molar-refractivity contribution >= 4 is 40.4 Å². The number of carbonyl (C=O) groups excluding carboxylic acids is 1. The summed E-state index contributed by atoms with van der Waals surface area (Å²) in [6, 6.07) is 13.9. The second-order valence-electron chi connectivity index (χ2n) is 9.03. The molecule has 0 aliphatic heterocycles. The maximum Gasteiger partial charge on any atom is 0.416 e. The van der Waals surface area contributed by atoms with Crippen molar-refractivity contribution in [1.29, 1.82) is 0 Å². The molecule has 196 valence electrons. The quantitative estimate of drug-likeness (QED) is 0.338. The standard InChI is InChI=1S/C26H28F3IN6O/c1-31-24-33-22(16-6-4-3-5-7-16)34-25(35-24)36(2)20-12-9-17(10-13-20)23(37)32-15-18-8-11-19(30)14-21(18)26(27,28)29/h3-8,11,14,17,20H,9-10,12-13,15H2,1-2H3,(H,32,37)(H,31,33,34,35)/t17-,20+. The maximum atomic E-state index is 13.4. The van der Waals surface area contributed by atoms with E-state index >= 15 is 0 Å². The Hall–Kier alpha value is -2.96. The highest BCUT2D eigenvalue weighted by molar-refractivity contribution is 14.1. The van der Waals surface area contributed by atoms with Crippen molar-refractivity contribution in [2.45, 2.75) is 44.4 Å². The van der Waals surface area contributed by atoms with Crippen LogP contribution in [0.2, 0.25) is 0 Å². The first-order valence-corrected chi connectivity index (χ1v) is 13.1. The highest BCUT2D eigenvalue weighted by Crippen LogP contribution is 2.34. The minimum atomic E-state index is -4.47. The fourth-order valence-electron chi connectivity index (χ4n) is 4.53. The predicted molar refractivity (Wildman–Crippen MR) is 145 cm³/mol. The smallest absolute Gasteiger partial charge is 0.357 e. The van der Waals surface area contributed by atoms with Gasteiger partial charge in [-0.05, 0) is 66.0 Å². The number of halogens is 4. The van der Waals surface area contributed by atoms with Crippen LogP contribution in [0.1, 0.15) is 36.8 Å². The topological polar surface area (TPSA) is 83.0 Å². The first-order valence-electron chi connectivity index (χ1n) is 12.0. The van der Waals surface area contributed by atoms with Gasteiger partial charge in [0.1, 0.15) is 0 Å². The number of anilines is 2. The number of aromatic nitrogens is 3. The van der Waals surface area contributed by atoms with Gasteiger partial charge < -0.3 is 15.5 Å². The molecule has 1 heterocycles. The summed E-state index contributed by atoms with van der Waals surface area (Å²) in [4.78, 5) is 28.5. The number of nitrogens with zero attached hydrogens (tertiary/aromatic N) is 4. The van der Waals surface area contributed by atoms with Crippen LogP contribution in [0.3, 0.4) is 0 Å². The van der Waals surface area contributed by atoms with Crippen LogP contribution >= 0.6 is 22.6 Å². The molecule has 2 aromatic carbocycles. The van der Waals surface area contributed by atoms with Gasteiger partial charge in [-0.15, -0.1) is 0 Å². The summed E-state index contributed by atoms with van der Waals surface area (Å²) in [6.07, 6.45) is -1.71. The molecule has 4 rings (SSSR count). The Labute approximate surface area is 227 Å². The Kier molecular flexibility index (Phi) is 8.50. The number of hydrogen-bond donors (Lipinski definition) is 2. The summed E-state index contributed by atoms with van der Waals surface area (Å²) < 4.78 is 40.7. The minimum absolute atomic E-state index is 0.0686. The number of carbonyl (C=O) groups is 1. The van der Waals surface area contributed by atoms with Gasteiger partial charge in [0.25, 0.3) is 0 Å². The van der Waals surface area contributed by atoms with Crippen molar-refractivity contribution in [3.05, 3.63) is 63.2 Å². The van der Waals surface area contributed by atoms with E-state index in [0.29, 0.717) is 34.1 Å². The summed E-state index contributed by atoms with van der Waals surface area (Å²) >= 11 is 1.85. The van der Waals surface area contributed by atoms with E-state index in [1.165, 1.54) is 6.07 Å². The summed E-state index contributed by atoms with van der Waals surface area (Å²) in [5.41, 5.74) is 0.246. The van der Waals surface area contributed by atoms with E-state index in [1.54, 1.807) is 13.1 Å². The summed E-state index contributed by atoms with van der Waals surface area (Å²) in [6.45, 7) is -0.148. The van der Waals surface area contributed by atoms with Crippen LogP contribution in [0.15, 0.2) is 48.5 Å². The van der Waals surface area contributed by atoms with Crippen molar-refractivity contribution in [1.82, 2.24) is 20.3 Å². The first-order chi connectivity index (χ1) is 17.7. The lowest BCUT2D eigenvalue weighted by atomic mass is 9.85. The summed E-state index contributed by atoms with van der Waals surface area (Å²) in [7, 11) is 3.69. The third kappa shape index (κ3) is 6.68. The van der Waals surface area contributed by atoms with Gasteiger partial charge in [-0.3, -0.25) is 4.79 Å². The van der Waals surface area contributed by atoms with Crippen LogP contribution in [0.4, 0.5) is 25.1 Å². The summed E-state index contributed by atoms with van der Waals surface area (Å²) in [5.74, 6) is 1.14. The SMILES string of the molecule is CNc1nc(-c2ccccc2)nc(N(C)[C@H]2CC[C@@H](C(=O)NCc3ccc(I)cc3C(F)(F)F)CC2)n1. The minimum Gasteiger partial charge on any atom is -0.357 e. The van der Waals surface area contributed by atoms with Gasteiger partial charge in [-0.25, -0.2) is 0 Å². The fourth-order valence-corrected chi connectivity index (χ4v) is 5.02. The molecule has 37 heavy (non-hydrogen) atoms. The molecule has 0 radical (unpaired) electrons. The average Bonchev–Trinajstić information content (AvgIpc) is 2.91. The highest BCUT2D eigenvalue weighted by Gasteiger charge is 2.34. The molecule has 7 nitrogen and oxygen atoms in total. The number of hydrogen-bond acceptors (Lipinski definition) is 6. The molecule has 1 saturated carbocycles. The molecule has 0 spiro atoms. The van der Waals surface area contributed by atoms with E-state index in [-0.39, 0.29) is 30.0 Å². The van der Waals surface area contributed by atoms with Crippen LogP contribution in [0.5, 0.6) is 0 Å².